The summed E-state index contributed by atoms with van der Waals surface area (Å²) in [5, 5.41) is 2.99. The van der Waals surface area contributed by atoms with Crippen molar-refractivity contribution < 1.29 is 18.0 Å². The average Bonchev–Trinajstić information content (AvgIpc) is 2.88. The van der Waals surface area contributed by atoms with E-state index in [1.54, 1.807) is 24.3 Å². The SMILES string of the molecule is CCCCCCCN1CCc2cc(NC(=O)c3ccccc3-c3ccc(C(F)(F)F)cc3)ccc2C1. The number of benzene rings is 3. The molecule has 6 heteroatoms. The largest absolute Gasteiger partial charge is 0.416 e. The zero-order valence-electron chi connectivity index (χ0n) is 20.7. The molecule has 0 unspecified atom stereocenters. The van der Waals surface area contributed by atoms with E-state index in [1.165, 1.54) is 55.4 Å². The number of amides is 1. The first-order valence-corrected chi connectivity index (χ1v) is 12.8. The van der Waals surface area contributed by atoms with E-state index in [2.05, 4.69) is 23.2 Å². The fraction of sp³-hybridized carbons (Fsp3) is 0.367. The summed E-state index contributed by atoms with van der Waals surface area (Å²) in [5.74, 6) is -0.282. The average molecular weight is 495 g/mol. The smallest absolute Gasteiger partial charge is 0.322 e. The number of nitrogens with zero attached hydrogens (tertiary/aromatic N) is 1. The van der Waals surface area contributed by atoms with Crippen molar-refractivity contribution in [1.82, 2.24) is 4.90 Å². The van der Waals surface area contributed by atoms with Crippen LogP contribution in [-0.2, 0) is 19.1 Å². The number of nitrogens with one attached hydrogen (secondary N) is 1. The van der Waals surface area contributed by atoms with Crippen LogP contribution < -0.4 is 5.32 Å². The van der Waals surface area contributed by atoms with Gasteiger partial charge in [0.1, 0.15) is 0 Å². The van der Waals surface area contributed by atoms with Gasteiger partial charge in [0.2, 0.25) is 0 Å². The topological polar surface area (TPSA) is 32.3 Å². The van der Waals surface area contributed by atoms with Crippen molar-refractivity contribution in [2.75, 3.05) is 18.4 Å². The molecular formula is C30H33F3N2O. The highest BCUT2D eigenvalue weighted by atomic mass is 19.4. The molecule has 0 aromatic heterocycles. The number of carbonyl (C=O) groups excluding carboxylic acids is 1. The molecule has 1 aliphatic heterocycles. The van der Waals surface area contributed by atoms with Gasteiger partial charge in [-0.25, -0.2) is 0 Å². The quantitative estimate of drug-likeness (QED) is 0.306. The predicted octanol–water partition coefficient (Wildman–Crippen LogP) is 7.95. The summed E-state index contributed by atoms with van der Waals surface area (Å²) < 4.78 is 38.8. The molecule has 0 bridgehead atoms. The molecule has 1 amide bonds. The molecule has 3 nitrogen and oxygen atoms in total. The van der Waals surface area contributed by atoms with E-state index in [0.29, 0.717) is 16.7 Å². The maximum absolute atomic E-state index is 13.1. The minimum Gasteiger partial charge on any atom is -0.322 e. The van der Waals surface area contributed by atoms with Gasteiger partial charge in [-0.15, -0.1) is 0 Å². The van der Waals surface area contributed by atoms with Crippen molar-refractivity contribution >= 4 is 11.6 Å². The number of unbranched alkanes of at least 4 members (excludes halogenated alkanes) is 4. The second-order valence-electron chi connectivity index (χ2n) is 9.50. The number of halogens is 3. The number of anilines is 1. The summed E-state index contributed by atoms with van der Waals surface area (Å²) in [6, 6.07) is 18.0. The van der Waals surface area contributed by atoms with E-state index >= 15 is 0 Å². The van der Waals surface area contributed by atoms with Crippen molar-refractivity contribution in [2.24, 2.45) is 0 Å². The first-order chi connectivity index (χ1) is 17.3. The summed E-state index contributed by atoms with van der Waals surface area (Å²) in [5.41, 5.74) is 4.16. The lowest BCUT2D eigenvalue weighted by molar-refractivity contribution is -0.137. The number of hydrogen-bond acceptors (Lipinski definition) is 2. The molecule has 190 valence electrons. The lowest BCUT2D eigenvalue weighted by atomic mass is 9.97. The fourth-order valence-electron chi connectivity index (χ4n) is 4.79. The van der Waals surface area contributed by atoms with Crippen LogP contribution in [0, 0.1) is 0 Å². The molecule has 3 aromatic carbocycles. The van der Waals surface area contributed by atoms with Crippen molar-refractivity contribution in [3.8, 4) is 11.1 Å². The lowest BCUT2D eigenvalue weighted by Gasteiger charge is -2.29. The monoisotopic (exact) mass is 494 g/mol. The van der Waals surface area contributed by atoms with Gasteiger partial charge in [-0.3, -0.25) is 9.69 Å². The zero-order valence-corrected chi connectivity index (χ0v) is 20.7. The Labute approximate surface area is 211 Å². The maximum atomic E-state index is 13.1. The molecule has 36 heavy (non-hydrogen) atoms. The Bertz CT molecular complexity index is 1170. The Morgan fingerprint density at radius 1 is 0.917 bits per heavy atom. The van der Waals surface area contributed by atoms with Crippen LogP contribution in [0.1, 0.15) is 66.1 Å². The first kappa shape index (κ1) is 26.0. The third-order valence-electron chi connectivity index (χ3n) is 6.83. The molecule has 1 N–H and O–H groups in total. The van der Waals surface area contributed by atoms with E-state index in [-0.39, 0.29) is 5.91 Å². The molecular weight excluding hydrogens is 461 g/mol. The number of alkyl halides is 3. The molecule has 1 aliphatic rings. The molecule has 1 heterocycles. The van der Waals surface area contributed by atoms with Crippen LogP contribution in [0.4, 0.5) is 18.9 Å². The van der Waals surface area contributed by atoms with Gasteiger partial charge in [0, 0.05) is 24.3 Å². The maximum Gasteiger partial charge on any atom is 0.416 e. The van der Waals surface area contributed by atoms with Crippen LogP contribution in [0.15, 0.2) is 66.7 Å². The minimum atomic E-state index is -4.40. The van der Waals surface area contributed by atoms with Crippen LogP contribution in [0.3, 0.4) is 0 Å². The van der Waals surface area contributed by atoms with Gasteiger partial charge in [-0.1, -0.05) is 69.0 Å². The second-order valence-corrected chi connectivity index (χ2v) is 9.50. The Morgan fingerprint density at radius 3 is 2.42 bits per heavy atom. The predicted molar refractivity (Wildman–Crippen MR) is 139 cm³/mol. The highest BCUT2D eigenvalue weighted by Crippen LogP contribution is 2.32. The van der Waals surface area contributed by atoms with Crippen LogP contribution in [0.2, 0.25) is 0 Å². The van der Waals surface area contributed by atoms with Crippen LogP contribution >= 0.6 is 0 Å². The van der Waals surface area contributed by atoms with Gasteiger partial charge < -0.3 is 5.32 Å². The summed E-state index contributed by atoms with van der Waals surface area (Å²) in [7, 11) is 0. The van der Waals surface area contributed by atoms with E-state index in [9.17, 15) is 18.0 Å². The van der Waals surface area contributed by atoms with Gasteiger partial charge in [0.25, 0.3) is 5.91 Å². The van der Waals surface area contributed by atoms with E-state index in [1.807, 2.05) is 12.1 Å². The van der Waals surface area contributed by atoms with Gasteiger partial charge in [-0.05, 0) is 72.0 Å². The van der Waals surface area contributed by atoms with Crippen molar-refractivity contribution in [3.63, 3.8) is 0 Å². The van der Waals surface area contributed by atoms with E-state index in [4.69, 9.17) is 0 Å². The number of fused-ring (bicyclic) bond motifs is 1. The first-order valence-electron chi connectivity index (χ1n) is 12.8. The Morgan fingerprint density at radius 2 is 1.67 bits per heavy atom. The fourth-order valence-corrected chi connectivity index (χ4v) is 4.79. The third kappa shape index (κ3) is 6.55. The van der Waals surface area contributed by atoms with Gasteiger partial charge in [0.05, 0.1) is 5.56 Å². The second kappa shape index (κ2) is 11.7. The Hall–Kier alpha value is -3.12. The molecule has 0 radical (unpaired) electrons. The zero-order chi connectivity index (χ0) is 25.5. The summed E-state index contributed by atoms with van der Waals surface area (Å²) in [4.78, 5) is 15.7. The van der Waals surface area contributed by atoms with Crippen LogP contribution in [-0.4, -0.2) is 23.9 Å². The lowest BCUT2D eigenvalue weighted by Crippen LogP contribution is -2.31. The number of rotatable bonds is 9. The Kier molecular flexibility index (Phi) is 8.47. The molecule has 0 spiro atoms. The highest BCUT2D eigenvalue weighted by Gasteiger charge is 2.30. The molecule has 0 atom stereocenters. The highest BCUT2D eigenvalue weighted by molar-refractivity contribution is 6.08. The Balaban J connectivity index is 1.42. The van der Waals surface area contributed by atoms with Crippen LogP contribution in [0.5, 0.6) is 0 Å². The van der Waals surface area contributed by atoms with Crippen molar-refractivity contribution in [2.45, 2.75) is 58.2 Å². The molecule has 0 aliphatic carbocycles. The minimum absolute atomic E-state index is 0.282. The molecule has 3 aromatic rings. The third-order valence-corrected chi connectivity index (χ3v) is 6.83. The summed E-state index contributed by atoms with van der Waals surface area (Å²) >= 11 is 0. The molecule has 0 saturated carbocycles. The van der Waals surface area contributed by atoms with Crippen LogP contribution in [0.25, 0.3) is 11.1 Å². The molecule has 4 rings (SSSR count). The van der Waals surface area contributed by atoms with Crippen molar-refractivity contribution in [3.05, 3.63) is 89.0 Å². The standard InChI is InChI=1S/C30H33F3N2O/c1-2-3-4-5-8-18-35-19-17-23-20-26(16-13-24(23)21-35)34-29(36)28-10-7-6-9-27(28)22-11-14-25(15-12-22)30(31,32)33/h6-7,9-16,20H,2-5,8,17-19,21H2,1H3,(H,34,36). The number of hydrogen-bond donors (Lipinski definition) is 1. The van der Waals surface area contributed by atoms with E-state index < -0.39 is 11.7 Å². The van der Waals surface area contributed by atoms with Gasteiger partial charge >= 0.3 is 6.18 Å². The van der Waals surface area contributed by atoms with Gasteiger partial charge in [0.15, 0.2) is 0 Å². The summed E-state index contributed by atoms with van der Waals surface area (Å²) in [6.07, 6.45) is 2.97. The summed E-state index contributed by atoms with van der Waals surface area (Å²) in [6.45, 7) is 5.32. The van der Waals surface area contributed by atoms with E-state index in [0.717, 1.165) is 43.9 Å². The normalized spacial score (nSPS) is 13.9. The molecule has 0 fully saturated rings. The molecule has 0 saturated heterocycles. The van der Waals surface area contributed by atoms with Gasteiger partial charge in [-0.2, -0.15) is 13.2 Å². The number of carbonyl (C=O) groups is 1. The van der Waals surface area contributed by atoms with Crippen molar-refractivity contribution in [1.29, 1.82) is 0 Å².